The average molecular weight is 405 g/mol. The summed E-state index contributed by atoms with van der Waals surface area (Å²) in [5, 5.41) is 9.21. The van der Waals surface area contributed by atoms with E-state index in [0.29, 0.717) is 11.5 Å². The van der Waals surface area contributed by atoms with Gasteiger partial charge in [0.25, 0.3) is 5.91 Å². The summed E-state index contributed by atoms with van der Waals surface area (Å²) in [6.45, 7) is 1.52. The van der Waals surface area contributed by atoms with Gasteiger partial charge in [0.05, 0.1) is 6.61 Å². The summed E-state index contributed by atoms with van der Waals surface area (Å²) in [5.41, 5.74) is 0.625. The number of hydrogen-bond acceptors (Lipinski definition) is 4. The Hall–Kier alpha value is -1.21. The van der Waals surface area contributed by atoms with Gasteiger partial charge >= 0.3 is 0 Å². The second-order valence-electron chi connectivity index (χ2n) is 4.38. The first kappa shape index (κ1) is 17.1. The second kappa shape index (κ2) is 7.37. The average Bonchev–Trinajstić information content (AvgIpc) is 2.44. The molecule has 1 aromatic heterocycles. The molecule has 0 saturated heterocycles. The molecule has 22 heavy (non-hydrogen) atoms. The Bertz CT molecular complexity index is 672. The number of carbonyl (C=O) groups excluding carboxylic acids is 1. The monoisotopic (exact) mass is 403 g/mol. The third-order valence-electron chi connectivity index (χ3n) is 2.85. The smallest absolute Gasteiger partial charge is 0.264 e. The normalized spacial score (nSPS) is 10.6. The number of aromatic nitrogens is 2. The van der Waals surface area contributed by atoms with Gasteiger partial charge in [-0.15, -0.1) is 0 Å². The molecule has 0 radical (unpaired) electrons. The van der Waals surface area contributed by atoms with E-state index >= 15 is 0 Å². The van der Waals surface area contributed by atoms with E-state index in [9.17, 15) is 9.90 Å². The lowest BCUT2D eigenvalue weighted by molar-refractivity contribution is 0.0980. The molecule has 2 aromatic rings. The van der Waals surface area contributed by atoms with Crippen molar-refractivity contribution in [2.45, 2.75) is 6.92 Å². The van der Waals surface area contributed by atoms with Crippen LogP contribution >= 0.6 is 39.1 Å². The molecule has 1 amide bonds. The van der Waals surface area contributed by atoms with Gasteiger partial charge in [-0.2, -0.15) is 0 Å². The molecule has 1 aromatic carbocycles. The first-order chi connectivity index (χ1) is 10.4. The summed E-state index contributed by atoms with van der Waals surface area (Å²) in [7, 11) is 0. The van der Waals surface area contributed by atoms with E-state index in [0.717, 1.165) is 4.47 Å². The van der Waals surface area contributed by atoms with Gasteiger partial charge in [-0.1, -0.05) is 39.1 Å². The van der Waals surface area contributed by atoms with Gasteiger partial charge in [-0.05, 0) is 31.2 Å². The van der Waals surface area contributed by atoms with E-state index in [1.165, 1.54) is 4.90 Å². The number of carbonyl (C=O) groups is 1. The molecular formula is C14H12BrCl2N3O2. The number of anilines is 1. The van der Waals surface area contributed by atoms with Crippen LogP contribution in [-0.4, -0.2) is 34.1 Å². The Balaban J connectivity index is 2.45. The first-order valence-corrected chi connectivity index (χ1v) is 7.87. The number of benzene rings is 1. The Morgan fingerprint density at radius 1 is 1.23 bits per heavy atom. The minimum absolute atomic E-state index is 0.0115. The lowest BCUT2D eigenvalue weighted by atomic mass is 10.2. The van der Waals surface area contributed by atoms with Crippen LogP contribution in [0, 0.1) is 6.92 Å². The molecule has 116 valence electrons. The lowest BCUT2D eigenvalue weighted by Crippen LogP contribution is -2.34. The fraction of sp³-hybridized carbons (Fsp3) is 0.214. The molecule has 0 atom stereocenters. The molecule has 0 saturated carbocycles. The van der Waals surface area contributed by atoms with Gasteiger partial charge in [0.1, 0.15) is 21.7 Å². The number of aryl methyl sites for hydroxylation is 1. The van der Waals surface area contributed by atoms with E-state index < -0.39 is 5.91 Å². The van der Waals surface area contributed by atoms with E-state index in [1.54, 1.807) is 31.2 Å². The highest BCUT2D eigenvalue weighted by atomic mass is 79.9. The number of halogens is 3. The Kier molecular flexibility index (Phi) is 5.74. The van der Waals surface area contributed by atoms with Crippen LogP contribution in [0.25, 0.3) is 0 Å². The Morgan fingerprint density at radius 2 is 1.77 bits per heavy atom. The molecule has 0 bridgehead atoms. The number of amides is 1. The molecule has 0 spiro atoms. The number of aliphatic hydroxyl groups is 1. The highest BCUT2D eigenvalue weighted by Gasteiger charge is 2.24. The predicted octanol–water partition coefficient (Wildman–Crippen LogP) is 3.49. The van der Waals surface area contributed by atoms with Crippen molar-refractivity contribution in [3.63, 3.8) is 0 Å². The number of rotatable bonds is 4. The Morgan fingerprint density at radius 3 is 2.27 bits per heavy atom. The van der Waals surface area contributed by atoms with Crippen molar-refractivity contribution in [1.29, 1.82) is 0 Å². The van der Waals surface area contributed by atoms with Gasteiger partial charge in [0, 0.05) is 16.7 Å². The van der Waals surface area contributed by atoms with Crippen LogP contribution in [0.2, 0.25) is 10.3 Å². The topological polar surface area (TPSA) is 66.3 Å². The third kappa shape index (κ3) is 3.76. The zero-order chi connectivity index (χ0) is 16.3. The van der Waals surface area contributed by atoms with Gasteiger partial charge in [0.2, 0.25) is 0 Å². The van der Waals surface area contributed by atoms with Gasteiger partial charge in [0.15, 0.2) is 0 Å². The van der Waals surface area contributed by atoms with Crippen molar-refractivity contribution in [1.82, 2.24) is 9.97 Å². The van der Waals surface area contributed by atoms with Crippen LogP contribution in [-0.2, 0) is 0 Å². The van der Waals surface area contributed by atoms with E-state index in [1.807, 2.05) is 0 Å². The van der Waals surface area contributed by atoms with Crippen molar-refractivity contribution >= 4 is 50.7 Å². The molecule has 0 unspecified atom stereocenters. The maximum atomic E-state index is 12.7. The molecule has 1 heterocycles. The van der Waals surface area contributed by atoms with Crippen molar-refractivity contribution in [3.05, 3.63) is 50.4 Å². The molecule has 1 N–H and O–H groups in total. The second-order valence-corrected chi connectivity index (χ2v) is 6.02. The first-order valence-electron chi connectivity index (χ1n) is 6.32. The molecule has 0 aliphatic heterocycles. The van der Waals surface area contributed by atoms with Crippen molar-refractivity contribution < 1.29 is 9.90 Å². The molecule has 0 aliphatic carbocycles. The summed E-state index contributed by atoms with van der Waals surface area (Å²) >= 11 is 15.4. The molecule has 2 rings (SSSR count). The maximum absolute atomic E-state index is 12.7. The highest BCUT2D eigenvalue weighted by molar-refractivity contribution is 9.10. The number of hydrogen-bond donors (Lipinski definition) is 1. The number of aliphatic hydroxyl groups excluding tert-OH is 1. The van der Waals surface area contributed by atoms with Crippen LogP contribution < -0.4 is 4.90 Å². The van der Waals surface area contributed by atoms with Crippen molar-refractivity contribution in [3.8, 4) is 0 Å². The molecule has 0 aliphatic rings. The van der Waals surface area contributed by atoms with Gasteiger partial charge in [-0.25, -0.2) is 9.97 Å². The standard InChI is InChI=1S/C14H12BrCl2N3O2/c1-8-18-12(16)11(13(17)19-8)14(22)20(6-7-21)10-4-2-9(15)3-5-10/h2-5,21H,6-7H2,1H3. The van der Waals surface area contributed by atoms with Crippen LogP contribution in [0.15, 0.2) is 28.7 Å². The third-order valence-corrected chi connectivity index (χ3v) is 3.93. The van der Waals surface area contributed by atoms with Crippen molar-refractivity contribution in [2.24, 2.45) is 0 Å². The summed E-state index contributed by atoms with van der Waals surface area (Å²) in [5.74, 6) is -0.0877. The minimum atomic E-state index is -0.466. The quantitative estimate of drug-likeness (QED) is 0.792. The summed E-state index contributed by atoms with van der Waals surface area (Å²) < 4.78 is 0.877. The van der Waals surface area contributed by atoms with Crippen LogP contribution in [0.5, 0.6) is 0 Å². The van der Waals surface area contributed by atoms with E-state index in [2.05, 4.69) is 25.9 Å². The SMILES string of the molecule is Cc1nc(Cl)c(C(=O)N(CCO)c2ccc(Br)cc2)c(Cl)n1. The summed E-state index contributed by atoms with van der Waals surface area (Å²) in [6.07, 6.45) is 0. The zero-order valence-electron chi connectivity index (χ0n) is 11.6. The predicted molar refractivity (Wildman–Crippen MR) is 89.7 cm³/mol. The fourth-order valence-electron chi connectivity index (χ4n) is 1.89. The van der Waals surface area contributed by atoms with Crippen LogP contribution in [0.4, 0.5) is 5.69 Å². The van der Waals surface area contributed by atoms with Gasteiger partial charge in [-0.3, -0.25) is 4.79 Å². The van der Waals surface area contributed by atoms with Crippen molar-refractivity contribution in [2.75, 3.05) is 18.1 Å². The fourth-order valence-corrected chi connectivity index (χ4v) is 2.78. The minimum Gasteiger partial charge on any atom is -0.395 e. The number of nitrogens with zero attached hydrogens (tertiary/aromatic N) is 3. The molecular weight excluding hydrogens is 393 g/mol. The largest absolute Gasteiger partial charge is 0.395 e. The molecule has 0 fully saturated rings. The summed E-state index contributed by atoms with van der Waals surface area (Å²) in [4.78, 5) is 22.0. The molecule has 5 nitrogen and oxygen atoms in total. The Labute approximate surface area is 146 Å². The van der Waals surface area contributed by atoms with E-state index in [4.69, 9.17) is 23.2 Å². The zero-order valence-corrected chi connectivity index (χ0v) is 14.7. The molecule has 8 heteroatoms. The maximum Gasteiger partial charge on any atom is 0.264 e. The van der Waals surface area contributed by atoms with Crippen LogP contribution in [0.3, 0.4) is 0 Å². The van der Waals surface area contributed by atoms with Gasteiger partial charge < -0.3 is 10.0 Å². The van der Waals surface area contributed by atoms with Crippen LogP contribution in [0.1, 0.15) is 16.2 Å². The highest BCUT2D eigenvalue weighted by Crippen LogP contribution is 2.26. The summed E-state index contributed by atoms with van der Waals surface area (Å²) in [6, 6.07) is 7.08. The lowest BCUT2D eigenvalue weighted by Gasteiger charge is -2.22. The van der Waals surface area contributed by atoms with E-state index in [-0.39, 0.29) is 29.0 Å².